The molecule has 0 aliphatic rings. The number of anilines is 2. The van der Waals surface area contributed by atoms with Gasteiger partial charge in [-0.25, -0.2) is 14.6 Å². The van der Waals surface area contributed by atoms with Crippen LogP contribution in [-0.4, -0.2) is 31.1 Å². The van der Waals surface area contributed by atoms with Crippen molar-refractivity contribution in [3.63, 3.8) is 0 Å². The molecule has 0 amide bonds. The van der Waals surface area contributed by atoms with Gasteiger partial charge in [-0.2, -0.15) is 0 Å². The van der Waals surface area contributed by atoms with E-state index in [-0.39, 0.29) is 6.10 Å². The normalized spacial score (nSPS) is 11.1. The molecule has 0 spiro atoms. The van der Waals surface area contributed by atoms with Crippen LogP contribution >= 0.6 is 0 Å². The topological polar surface area (TPSA) is 77.8 Å². The number of aromatic nitrogens is 5. The summed E-state index contributed by atoms with van der Waals surface area (Å²) in [6, 6.07) is 7.72. The summed E-state index contributed by atoms with van der Waals surface area (Å²) in [5.74, 6) is 1.48. The number of hydrogen-bond acceptors (Lipinski definition) is 6. The second-order valence-corrected chi connectivity index (χ2v) is 5.12. The molecule has 0 atom stereocenters. The Morgan fingerprint density at radius 2 is 1.95 bits per heavy atom. The third kappa shape index (κ3) is 2.83. The molecule has 3 aromatic rings. The minimum atomic E-state index is 0.157. The fourth-order valence-corrected chi connectivity index (χ4v) is 2.12. The van der Waals surface area contributed by atoms with E-state index >= 15 is 0 Å². The Bertz CT molecular complexity index is 765. The summed E-state index contributed by atoms with van der Waals surface area (Å²) >= 11 is 0. The molecule has 0 bridgehead atoms. The molecule has 22 heavy (non-hydrogen) atoms. The van der Waals surface area contributed by atoms with E-state index in [0.717, 1.165) is 17.1 Å². The van der Waals surface area contributed by atoms with Crippen molar-refractivity contribution in [1.82, 2.24) is 25.0 Å². The van der Waals surface area contributed by atoms with E-state index in [2.05, 4.69) is 25.6 Å². The third-order valence-corrected chi connectivity index (χ3v) is 3.09. The van der Waals surface area contributed by atoms with Gasteiger partial charge in [-0.1, -0.05) is 5.21 Å². The van der Waals surface area contributed by atoms with Crippen LogP contribution in [0, 0.1) is 0 Å². The fourth-order valence-electron chi connectivity index (χ4n) is 2.12. The lowest BCUT2D eigenvalue weighted by Gasteiger charge is -2.10. The van der Waals surface area contributed by atoms with Gasteiger partial charge in [0.1, 0.15) is 12.1 Å². The number of fused-ring (bicyclic) bond motifs is 1. The van der Waals surface area contributed by atoms with Crippen LogP contribution in [0.4, 0.5) is 11.5 Å². The molecule has 1 aromatic carbocycles. The van der Waals surface area contributed by atoms with Gasteiger partial charge >= 0.3 is 0 Å². The van der Waals surface area contributed by atoms with Crippen molar-refractivity contribution < 1.29 is 4.74 Å². The average molecular weight is 298 g/mol. The predicted octanol–water partition coefficient (Wildman–Crippen LogP) is 2.77. The first-order valence-corrected chi connectivity index (χ1v) is 7.25. The monoisotopic (exact) mass is 298 g/mol. The average Bonchev–Trinajstić information content (AvgIpc) is 2.93. The van der Waals surface area contributed by atoms with Gasteiger partial charge in [0, 0.05) is 12.2 Å². The van der Waals surface area contributed by atoms with Crippen molar-refractivity contribution in [2.75, 3.05) is 5.32 Å². The quantitative estimate of drug-likeness (QED) is 0.780. The molecule has 3 rings (SSSR count). The lowest BCUT2D eigenvalue weighted by Crippen LogP contribution is -2.05. The Hall–Kier alpha value is -2.70. The molecule has 0 saturated carbocycles. The Balaban J connectivity index is 1.85. The smallest absolute Gasteiger partial charge is 0.183 e. The van der Waals surface area contributed by atoms with Gasteiger partial charge < -0.3 is 10.1 Å². The first kappa shape index (κ1) is 14.2. The van der Waals surface area contributed by atoms with Crippen molar-refractivity contribution >= 4 is 22.7 Å². The molecule has 2 heterocycles. The summed E-state index contributed by atoms with van der Waals surface area (Å²) < 4.78 is 7.37. The van der Waals surface area contributed by atoms with E-state index in [9.17, 15) is 0 Å². The van der Waals surface area contributed by atoms with Crippen LogP contribution in [0.1, 0.15) is 20.8 Å². The maximum atomic E-state index is 5.63. The van der Waals surface area contributed by atoms with Crippen molar-refractivity contribution in [3.05, 3.63) is 30.6 Å². The number of ether oxygens (including phenoxy) is 1. The van der Waals surface area contributed by atoms with E-state index in [1.807, 2.05) is 45.0 Å². The Morgan fingerprint density at radius 3 is 2.64 bits per heavy atom. The highest BCUT2D eigenvalue weighted by atomic mass is 16.5. The van der Waals surface area contributed by atoms with Gasteiger partial charge in [0.2, 0.25) is 0 Å². The highest BCUT2D eigenvalue weighted by Gasteiger charge is 2.10. The van der Waals surface area contributed by atoms with E-state index in [1.165, 1.54) is 6.33 Å². The van der Waals surface area contributed by atoms with Crippen molar-refractivity contribution in [3.8, 4) is 5.75 Å². The number of hydrogen-bond donors (Lipinski definition) is 1. The first-order valence-electron chi connectivity index (χ1n) is 7.25. The molecule has 7 heteroatoms. The van der Waals surface area contributed by atoms with Crippen LogP contribution in [0.3, 0.4) is 0 Å². The van der Waals surface area contributed by atoms with Crippen LogP contribution in [0.15, 0.2) is 30.6 Å². The van der Waals surface area contributed by atoms with Gasteiger partial charge in [-0.05, 0) is 45.0 Å². The van der Waals surface area contributed by atoms with Crippen LogP contribution in [-0.2, 0) is 6.54 Å². The molecule has 0 radical (unpaired) electrons. The SMILES string of the molecule is CCn1nnc2c(Nc3ccc(OC(C)C)cc3)ncnc21. The number of nitrogens with zero attached hydrogens (tertiary/aromatic N) is 5. The van der Waals surface area contributed by atoms with Crippen LogP contribution < -0.4 is 10.1 Å². The maximum Gasteiger partial charge on any atom is 0.183 e. The molecular formula is C15H18N6O. The molecule has 114 valence electrons. The predicted molar refractivity (Wildman–Crippen MR) is 84.3 cm³/mol. The largest absolute Gasteiger partial charge is 0.491 e. The maximum absolute atomic E-state index is 5.63. The minimum Gasteiger partial charge on any atom is -0.491 e. The fraction of sp³-hybridized carbons (Fsp3) is 0.333. The minimum absolute atomic E-state index is 0.157. The lowest BCUT2D eigenvalue weighted by atomic mass is 10.3. The molecule has 0 fully saturated rings. The third-order valence-electron chi connectivity index (χ3n) is 3.09. The van der Waals surface area contributed by atoms with Crippen molar-refractivity contribution in [2.45, 2.75) is 33.4 Å². The summed E-state index contributed by atoms with van der Waals surface area (Å²) in [5.41, 5.74) is 2.29. The van der Waals surface area contributed by atoms with Gasteiger partial charge in [0.25, 0.3) is 0 Å². The number of benzene rings is 1. The molecule has 0 unspecified atom stereocenters. The van der Waals surface area contributed by atoms with Crippen molar-refractivity contribution in [1.29, 1.82) is 0 Å². The highest BCUT2D eigenvalue weighted by Crippen LogP contribution is 2.23. The highest BCUT2D eigenvalue weighted by molar-refractivity contribution is 5.84. The van der Waals surface area contributed by atoms with Gasteiger partial charge in [0.15, 0.2) is 17.0 Å². The lowest BCUT2D eigenvalue weighted by molar-refractivity contribution is 0.242. The summed E-state index contributed by atoms with van der Waals surface area (Å²) in [6.07, 6.45) is 1.67. The van der Waals surface area contributed by atoms with Crippen LogP contribution in [0.2, 0.25) is 0 Å². The van der Waals surface area contributed by atoms with E-state index in [0.29, 0.717) is 17.9 Å². The van der Waals surface area contributed by atoms with E-state index in [4.69, 9.17) is 4.74 Å². The number of aryl methyl sites for hydroxylation is 1. The summed E-state index contributed by atoms with van der Waals surface area (Å²) in [6.45, 7) is 6.71. The van der Waals surface area contributed by atoms with Crippen LogP contribution in [0.25, 0.3) is 11.2 Å². The summed E-state index contributed by atoms with van der Waals surface area (Å²) in [4.78, 5) is 8.48. The second kappa shape index (κ2) is 5.97. The second-order valence-electron chi connectivity index (χ2n) is 5.12. The Morgan fingerprint density at radius 1 is 1.18 bits per heavy atom. The molecular weight excluding hydrogens is 280 g/mol. The molecule has 7 nitrogen and oxygen atoms in total. The molecule has 0 aliphatic heterocycles. The molecule has 0 aliphatic carbocycles. The van der Waals surface area contributed by atoms with Crippen LogP contribution in [0.5, 0.6) is 5.75 Å². The molecule has 2 aromatic heterocycles. The van der Waals surface area contributed by atoms with Gasteiger partial charge in [0.05, 0.1) is 6.10 Å². The van der Waals surface area contributed by atoms with Gasteiger partial charge in [-0.3, -0.25) is 0 Å². The van der Waals surface area contributed by atoms with E-state index < -0.39 is 0 Å². The Kier molecular flexibility index (Phi) is 3.86. The van der Waals surface area contributed by atoms with Crippen molar-refractivity contribution in [2.24, 2.45) is 0 Å². The van der Waals surface area contributed by atoms with E-state index in [1.54, 1.807) is 4.68 Å². The van der Waals surface area contributed by atoms with Gasteiger partial charge in [-0.15, -0.1) is 5.10 Å². The zero-order valence-electron chi connectivity index (χ0n) is 12.8. The molecule has 1 N–H and O–H groups in total. The summed E-state index contributed by atoms with van der Waals surface area (Å²) in [7, 11) is 0. The zero-order chi connectivity index (χ0) is 15.5. The standard InChI is InChI=1S/C15H18N6O/c1-4-21-15-13(19-20-21)14(16-9-17-15)18-11-5-7-12(8-6-11)22-10(2)3/h5-10H,4H2,1-3H3,(H,16,17,18). The Labute approximate surface area is 128 Å². The first-order chi connectivity index (χ1) is 10.7. The molecule has 0 saturated heterocycles. The zero-order valence-corrected chi connectivity index (χ0v) is 12.8. The number of nitrogens with one attached hydrogen (secondary N) is 1. The number of rotatable bonds is 5. The summed E-state index contributed by atoms with van der Waals surface area (Å²) in [5, 5.41) is 11.5.